The maximum absolute atomic E-state index is 13.3. The molecule has 0 saturated heterocycles. The number of benzene rings is 1. The average molecular weight is 457 g/mol. The Kier molecular flexibility index (Phi) is 5.26. The van der Waals surface area contributed by atoms with Gasteiger partial charge in [-0.25, -0.2) is 4.98 Å². The van der Waals surface area contributed by atoms with Crippen LogP contribution < -0.4 is 0 Å². The molecule has 1 aliphatic rings. The molecule has 7 heteroatoms. The van der Waals surface area contributed by atoms with E-state index >= 15 is 0 Å². The van der Waals surface area contributed by atoms with Gasteiger partial charge in [0.25, 0.3) is 0 Å². The van der Waals surface area contributed by atoms with Gasteiger partial charge >= 0.3 is 0 Å². The highest BCUT2D eigenvalue weighted by molar-refractivity contribution is 7.13. The van der Waals surface area contributed by atoms with E-state index in [1.54, 1.807) is 22.7 Å². The van der Waals surface area contributed by atoms with Crippen molar-refractivity contribution in [1.82, 2.24) is 9.88 Å². The molecule has 1 amide bonds. The van der Waals surface area contributed by atoms with E-state index in [1.165, 1.54) is 26.7 Å². The van der Waals surface area contributed by atoms with E-state index in [-0.39, 0.29) is 11.9 Å². The van der Waals surface area contributed by atoms with Crippen LogP contribution >= 0.6 is 45.6 Å². The maximum atomic E-state index is 13.3. The van der Waals surface area contributed by atoms with Crippen LogP contribution in [0.5, 0.6) is 0 Å². The van der Waals surface area contributed by atoms with Crippen LogP contribution in [0.4, 0.5) is 0 Å². The zero-order valence-electron chi connectivity index (χ0n) is 15.4. The Morgan fingerprint density at radius 2 is 2.00 bits per heavy atom. The Labute approximate surface area is 186 Å². The summed E-state index contributed by atoms with van der Waals surface area (Å²) in [4.78, 5) is 22.6. The third-order valence-electron chi connectivity index (χ3n) is 5.09. The minimum atomic E-state index is 0.0131. The molecule has 146 valence electrons. The molecule has 0 saturated carbocycles. The number of halogens is 1. The molecule has 1 aliphatic heterocycles. The van der Waals surface area contributed by atoms with Crippen LogP contribution in [0.1, 0.15) is 27.1 Å². The standard InChI is InChI=1S/C22H17ClN2OS3/c23-17-5-2-1-4-15(17)22-24-14(13-29-22)12-20(26)25-9-7-18-16(8-11-28-18)21(25)19-6-3-10-27-19/h1-6,8,10-11,13,21H,7,9,12H2. The number of nitrogens with zero attached hydrogens (tertiary/aromatic N) is 2. The molecule has 0 bridgehead atoms. The summed E-state index contributed by atoms with van der Waals surface area (Å²) in [6.07, 6.45) is 1.23. The van der Waals surface area contributed by atoms with E-state index in [0.29, 0.717) is 11.4 Å². The summed E-state index contributed by atoms with van der Waals surface area (Å²) >= 11 is 11.3. The monoisotopic (exact) mass is 456 g/mol. The number of hydrogen-bond donors (Lipinski definition) is 0. The van der Waals surface area contributed by atoms with Crippen molar-refractivity contribution < 1.29 is 4.79 Å². The van der Waals surface area contributed by atoms with Crippen molar-refractivity contribution >= 4 is 51.5 Å². The van der Waals surface area contributed by atoms with Crippen LogP contribution in [-0.4, -0.2) is 22.3 Å². The minimum Gasteiger partial charge on any atom is -0.330 e. The first kappa shape index (κ1) is 19.0. The third-order valence-corrected chi connectivity index (χ3v) is 8.26. The van der Waals surface area contributed by atoms with Gasteiger partial charge in [0.05, 0.1) is 23.2 Å². The Morgan fingerprint density at radius 3 is 2.83 bits per heavy atom. The van der Waals surface area contributed by atoms with Gasteiger partial charge in [0, 0.05) is 27.2 Å². The second-order valence-electron chi connectivity index (χ2n) is 6.85. The molecule has 3 aromatic heterocycles. The minimum absolute atomic E-state index is 0.0131. The molecule has 29 heavy (non-hydrogen) atoms. The van der Waals surface area contributed by atoms with Crippen LogP contribution in [0, 0.1) is 0 Å². The molecule has 1 aromatic carbocycles. The lowest BCUT2D eigenvalue weighted by Gasteiger charge is -2.35. The van der Waals surface area contributed by atoms with Gasteiger partial charge in [-0.15, -0.1) is 34.0 Å². The predicted molar refractivity (Wildman–Crippen MR) is 122 cm³/mol. The van der Waals surface area contributed by atoms with Crippen molar-refractivity contribution in [1.29, 1.82) is 0 Å². The van der Waals surface area contributed by atoms with E-state index in [4.69, 9.17) is 11.6 Å². The molecule has 3 nitrogen and oxygen atoms in total. The Balaban J connectivity index is 1.40. The number of carbonyl (C=O) groups is 1. The third kappa shape index (κ3) is 3.66. The normalized spacial score (nSPS) is 16.0. The molecular formula is C22H17ClN2OS3. The lowest BCUT2D eigenvalue weighted by atomic mass is 9.98. The summed E-state index contributed by atoms with van der Waals surface area (Å²) in [5, 5.41) is 7.71. The van der Waals surface area contributed by atoms with Gasteiger partial charge in [0.2, 0.25) is 5.91 Å². The van der Waals surface area contributed by atoms with E-state index < -0.39 is 0 Å². The summed E-state index contributed by atoms with van der Waals surface area (Å²) in [7, 11) is 0. The van der Waals surface area contributed by atoms with Crippen molar-refractivity contribution in [3.63, 3.8) is 0 Å². The molecule has 1 atom stereocenters. The number of fused-ring (bicyclic) bond motifs is 1. The van der Waals surface area contributed by atoms with Crippen molar-refractivity contribution in [2.24, 2.45) is 0 Å². The van der Waals surface area contributed by atoms with E-state index in [0.717, 1.165) is 29.2 Å². The highest BCUT2D eigenvalue weighted by Crippen LogP contribution is 2.40. The zero-order chi connectivity index (χ0) is 19.8. The number of thiophene rings is 2. The van der Waals surface area contributed by atoms with Crippen LogP contribution in [0.25, 0.3) is 10.6 Å². The fraction of sp³-hybridized carbons (Fsp3) is 0.182. The fourth-order valence-electron chi connectivity index (χ4n) is 3.74. The molecule has 0 fully saturated rings. The molecule has 5 rings (SSSR count). The lowest BCUT2D eigenvalue weighted by Crippen LogP contribution is -2.40. The number of thiazole rings is 1. The zero-order valence-corrected chi connectivity index (χ0v) is 18.6. The number of carbonyl (C=O) groups excluding carboxylic acids is 1. The molecule has 0 spiro atoms. The smallest absolute Gasteiger partial charge is 0.229 e. The maximum Gasteiger partial charge on any atom is 0.229 e. The predicted octanol–water partition coefficient (Wildman–Crippen LogP) is 6.30. The Morgan fingerprint density at radius 1 is 1.10 bits per heavy atom. The largest absolute Gasteiger partial charge is 0.330 e. The lowest BCUT2D eigenvalue weighted by molar-refractivity contribution is -0.132. The number of aromatic nitrogens is 1. The Hall–Kier alpha value is -1.99. The second kappa shape index (κ2) is 8.03. The highest BCUT2D eigenvalue weighted by Gasteiger charge is 2.33. The number of rotatable bonds is 4. The molecule has 0 N–H and O–H groups in total. The first-order chi connectivity index (χ1) is 14.2. The summed E-state index contributed by atoms with van der Waals surface area (Å²) in [5.41, 5.74) is 2.98. The fourth-order valence-corrected chi connectivity index (χ4v) is 6.64. The van der Waals surface area contributed by atoms with Crippen LogP contribution in [0.3, 0.4) is 0 Å². The summed E-state index contributed by atoms with van der Waals surface area (Å²) < 4.78 is 0. The van der Waals surface area contributed by atoms with Gasteiger partial charge in [-0.2, -0.15) is 0 Å². The highest BCUT2D eigenvalue weighted by atomic mass is 35.5. The van der Waals surface area contributed by atoms with Gasteiger partial charge in [-0.3, -0.25) is 4.79 Å². The van der Waals surface area contributed by atoms with Gasteiger partial charge in [0.1, 0.15) is 5.01 Å². The first-order valence-electron chi connectivity index (χ1n) is 9.29. The van der Waals surface area contributed by atoms with Crippen LogP contribution in [0.15, 0.2) is 58.6 Å². The van der Waals surface area contributed by atoms with Gasteiger partial charge in [-0.1, -0.05) is 35.9 Å². The van der Waals surface area contributed by atoms with E-state index in [2.05, 4.69) is 33.9 Å². The molecule has 1 unspecified atom stereocenters. The average Bonchev–Trinajstić information content (AvgIpc) is 3.49. The molecular weight excluding hydrogens is 440 g/mol. The summed E-state index contributed by atoms with van der Waals surface area (Å²) in [5.74, 6) is 0.122. The number of amides is 1. The van der Waals surface area contributed by atoms with Crippen molar-refractivity contribution in [2.75, 3.05) is 6.54 Å². The SMILES string of the molecule is O=C(Cc1csc(-c2ccccc2Cl)n1)N1CCc2sccc2C1c1cccs1. The molecule has 4 heterocycles. The first-order valence-corrected chi connectivity index (χ1v) is 12.3. The van der Waals surface area contributed by atoms with Gasteiger partial charge in [-0.05, 0) is 40.9 Å². The molecule has 4 aromatic rings. The summed E-state index contributed by atoms with van der Waals surface area (Å²) in [6, 6.07) is 14.0. The molecule has 0 aliphatic carbocycles. The quantitative estimate of drug-likeness (QED) is 0.361. The summed E-state index contributed by atoms with van der Waals surface area (Å²) in [6.45, 7) is 0.746. The van der Waals surface area contributed by atoms with Crippen molar-refractivity contribution in [3.05, 3.63) is 84.6 Å². The second-order valence-corrected chi connectivity index (χ2v) is 10.1. The van der Waals surface area contributed by atoms with Crippen LogP contribution in [0.2, 0.25) is 5.02 Å². The van der Waals surface area contributed by atoms with E-state index in [1.807, 2.05) is 34.5 Å². The van der Waals surface area contributed by atoms with E-state index in [9.17, 15) is 4.79 Å². The number of hydrogen-bond acceptors (Lipinski definition) is 5. The Bertz CT molecular complexity index is 1150. The van der Waals surface area contributed by atoms with Crippen molar-refractivity contribution in [3.8, 4) is 10.6 Å². The van der Waals surface area contributed by atoms with Crippen LogP contribution in [-0.2, 0) is 17.6 Å². The van der Waals surface area contributed by atoms with Gasteiger partial charge < -0.3 is 4.90 Å². The van der Waals surface area contributed by atoms with Crippen molar-refractivity contribution in [2.45, 2.75) is 18.9 Å². The molecule has 0 radical (unpaired) electrons. The topological polar surface area (TPSA) is 33.2 Å². The van der Waals surface area contributed by atoms with Gasteiger partial charge in [0.15, 0.2) is 0 Å².